The van der Waals surface area contributed by atoms with Gasteiger partial charge in [-0.15, -0.1) is 0 Å². The van der Waals surface area contributed by atoms with Gasteiger partial charge in [0, 0.05) is 12.2 Å². The van der Waals surface area contributed by atoms with Crippen LogP contribution in [-0.2, 0) is 0 Å². The van der Waals surface area contributed by atoms with Gasteiger partial charge in [-0.2, -0.15) is 0 Å². The Balaban J connectivity index is 2.65. The average molecular weight is 215 g/mol. The number of nitrogens with one attached hydrogen (secondary N) is 1. The third kappa shape index (κ3) is 2.97. The SMILES string of the molecule is CC(CO)NC(=O)c1ccc(Cl)cn1. The molecule has 0 saturated heterocycles. The van der Waals surface area contributed by atoms with Crippen molar-refractivity contribution in [2.75, 3.05) is 6.61 Å². The van der Waals surface area contributed by atoms with Crippen LogP contribution in [0.15, 0.2) is 18.3 Å². The highest BCUT2D eigenvalue weighted by Crippen LogP contribution is 2.05. The molecule has 0 fully saturated rings. The summed E-state index contributed by atoms with van der Waals surface area (Å²) in [6.07, 6.45) is 1.40. The molecule has 76 valence electrons. The molecule has 0 aliphatic heterocycles. The highest BCUT2D eigenvalue weighted by molar-refractivity contribution is 6.30. The Kier molecular flexibility index (Phi) is 3.85. The second-order valence-corrected chi connectivity index (χ2v) is 3.36. The van der Waals surface area contributed by atoms with Crippen LogP contribution in [0.5, 0.6) is 0 Å². The topological polar surface area (TPSA) is 62.2 Å². The molecule has 14 heavy (non-hydrogen) atoms. The van der Waals surface area contributed by atoms with Crippen LogP contribution in [0.4, 0.5) is 0 Å². The summed E-state index contributed by atoms with van der Waals surface area (Å²) < 4.78 is 0. The second-order valence-electron chi connectivity index (χ2n) is 2.92. The maximum absolute atomic E-state index is 11.4. The maximum Gasteiger partial charge on any atom is 0.270 e. The van der Waals surface area contributed by atoms with Gasteiger partial charge in [-0.25, -0.2) is 4.98 Å². The quantitative estimate of drug-likeness (QED) is 0.784. The number of nitrogens with zero attached hydrogens (tertiary/aromatic N) is 1. The van der Waals surface area contributed by atoms with Gasteiger partial charge in [0.15, 0.2) is 0 Å². The molecule has 0 aliphatic rings. The maximum atomic E-state index is 11.4. The molecule has 1 heterocycles. The largest absolute Gasteiger partial charge is 0.394 e. The fraction of sp³-hybridized carbons (Fsp3) is 0.333. The molecule has 1 atom stereocenters. The summed E-state index contributed by atoms with van der Waals surface area (Å²) in [6.45, 7) is 1.60. The van der Waals surface area contributed by atoms with E-state index in [1.807, 2.05) is 0 Å². The highest BCUT2D eigenvalue weighted by Gasteiger charge is 2.09. The zero-order chi connectivity index (χ0) is 10.6. The van der Waals surface area contributed by atoms with Crippen molar-refractivity contribution < 1.29 is 9.90 Å². The van der Waals surface area contributed by atoms with E-state index in [9.17, 15) is 4.79 Å². The molecule has 0 aliphatic carbocycles. The molecule has 5 heteroatoms. The Morgan fingerprint density at radius 1 is 1.71 bits per heavy atom. The Morgan fingerprint density at radius 2 is 2.43 bits per heavy atom. The number of hydrogen-bond acceptors (Lipinski definition) is 3. The number of carbonyl (C=O) groups is 1. The van der Waals surface area contributed by atoms with Crippen molar-refractivity contribution in [2.45, 2.75) is 13.0 Å². The van der Waals surface area contributed by atoms with Gasteiger partial charge in [0.1, 0.15) is 5.69 Å². The third-order valence-electron chi connectivity index (χ3n) is 1.61. The van der Waals surface area contributed by atoms with E-state index in [-0.39, 0.29) is 24.2 Å². The molecule has 1 amide bonds. The normalized spacial score (nSPS) is 12.2. The fourth-order valence-electron chi connectivity index (χ4n) is 0.854. The van der Waals surface area contributed by atoms with E-state index in [0.29, 0.717) is 5.02 Å². The lowest BCUT2D eigenvalue weighted by atomic mass is 10.3. The van der Waals surface area contributed by atoms with Gasteiger partial charge in [0.25, 0.3) is 5.91 Å². The number of aliphatic hydroxyl groups excluding tert-OH is 1. The van der Waals surface area contributed by atoms with Gasteiger partial charge in [0.2, 0.25) is 0 Å². The minimum absolute atomic E-state index is 0.0979. The van der Waals surface area contributed by atoms with Gasteiger partial charge in [-0.3, -0.25) is 4.79 Å². The molecule has 1 aromatic rings. The zero-order valence-electron chi connectivity index (χ0n) is 7.70. The average Bonchev–Trinajstić information content (AvgIpc) is 2.18. The molecule has 0 bridgehead atoms. The van der Waals surface area contributed by atoms with E-state index >= 15 is 0 Å². The Morgan fingerprint density at radius 3 is 2.93 bits per heavy atom. The van der Waals surface area contributed by atoms with Crippen molar-refractivity contribution in [1.29, 1.82) is 0 Å². The van der Waals surface area contributed by atoms with Crippen molar-refractivity contribution >= 4 is 17.5 Å². The first-order valence-electron chi connectivity index (χ1n) is 4.16. The van der Waals surface area contributed by atoms with Crippen LogP contribution in [0.3, 0.4) is 0 Å². The molecular weight excluding hydrogens is 204 g/mol. The van der Waals surface area contributed by atoms with Crippen molar-refractivity contribution in [2.24, 2.45) is 0 Å². The van der Waals surface area contributed by atoms with E-state index < -0.39 is 0 Å². The van der Waals surface area contributed by atoms with Gasteiger partial charge in [0.05, 0.1) is 11.6 Å². The number of pyridine rings is 1. The third-order valence-corrected chi connectivity index (χ3v) is 1.83. The van der Waals surface area contributed by atoms with Crippen molar-refractivity contribution in [3.05, 3.63) is 29.0 Å². The van der Waals surface area contributed by atoms with Gasteiger partial charge in [-0.1, -0.05) is 11.6 Å². The second kappa shape index (κ2) is 4.93. The molecular formula is C9H11ClN2O2. The number of halogens is 1. The summed E-state index contributed by atoms with van der Waals surface area (Å²) in [6, 6.07) is 2.84. The molecule has 1 aromatic heterocycles. The summed E-state index contributed by atoms with van der Waals surface area (Å²) in [5.74, 6) is -0.316. The number of amides is 1. The van der Waals surface area contributed by atoms with Crippen molar-refractivity contribution in [1.82, 2.24) is 10.3 Å². The van der Waals surface area contributed by atoms with Crippen LogP contribution < -0.4 is 5.32 Å². The van der Waals surface area contributed by atoms with E-state index in [2.05, 4.69) is 10.3 Å². The van der Waals surface area contributed by atoms with Crippen LogP contribution in [0, 0.1) is 0 Å². The summed E-state index contributed by atoms with van der Waals surface area (Å²) in [5.41, 5.74) is 0.287. The predicted molar refractivity (Wildman–Crippen MR) is 53.3 cm³/mol. The number of aliphatic hydroxyl groups is 1. The first-order valence-corrected chi connectivity index (χ1v) is 4.54. The Hall–Kier alpha value is -1.13. The van der Waals surface area contributed by atoms with E-state index in [0.717, 1.165) is 0 Å². The molecule has 1 unspecified atom stereocenters. The van der Waals surface area contributed by atoms with Gasteiger partial charge in [-0.05, 0) is 19.1 Å². The number of aromatic nitrogens is 1. The van der Waals surface area contributed by atoms with Crippen LogP contribution in [-0.4, -0.2) is 28.6 Å². The summed E-state index contributed by atoms with van der Waals surface area (Å²) >= 11 is 5.62. The fourth-order valence-corrected chi connectivity index (χ4v) is 0.965. The smallest absolute Gasteiger partial charge is 0.270 e. The molecule has 0 radical (unpaired) electrons. The summed E-state index contributed by atoms with van der Waals surface area (Å²) in [4.78, 5) is 15.2. The van der Waals surface area contributed by atoms with Crippen LogP contribution >= 0.6 is 11.6 Å². The standard InChI is InChI=1S/C9H11ClN2O2/c1-6(5-13)12-9(14)8-3-2-7(10)4-11-8/h2-4,6,13H,5H2,1H3,(H,12,14). The predicted octanol–water partition coefficient (Wildman–Crippen LogP) is 0.846. The minimum atomic E-state index is -0.316. The van der Waals surface area contributed by atoms with Crippen molar-refractivity contribution in [3.63, 3.8) is 0 Å². The lowest BCUT2D eigenvalue weighted by Gasteiger charge is -2.09. The molecule has 0 saturated carbocycles. The molecule has 0 spiro atoms. The Bertz CT molecular complexity index is 313. The van der Waals surface area contributed by atoms with Crippen LogP contribution in [0.1, 0.15) is 17.4 Å². The first-order chi connectivity index (χ1) is 6.63. The highest BCUT2D eigenvalue weighted by atomic mass is 35.5. The van der Waals surface area contributed by atoms with Crippen molar-refractivity contribution in [3.8, 4) is 0 Å². The van der Waals surface area contributed by atoms with E-state index in [1.54, 1.807) is 13.0 Å². The zero-order valence-corrected chi connectivity index (χ0v) is 8.45. The Labute approximate surface area is 86.9 Å². The number of hydrogen-bond donors (Lipinski definition) is 2. The molecule has 4 nitrogen and oxygen atoms in total. The minimum Gasteiger partial charge on any atom is -0.394 e. The summed E-state index contributed by atoms with van der Waals surface area (Å²) in [5, 5.41) is 11.8. The lowest BCUT2D eigenvalue weighted by molar-refractivity contribution is 0.0917. The van der Waals surface area contributed by atoms with Crippen LogP contribution in [0.2, 0.25) is 5.02 Å². The molecule has 2 N–H and O–H groups in total. The first kappa shape index (κ1) is 10.9. The van der Waals surface area contributed by atoms with Crippen LogP contribution in [0.25, 0.3) is 0 Å². The summed E-state index contributed by atoms with van der Waals surface area (Å²) in [7, 11) is 0. The van der Waals surface area contributed by atoms with Gasteiger partial charge >= 0.3 is 0 Å². The molecule has 0 aromatic carbocycles. The van der Waals surface area contributed by atoms with Gasteiger partial charge < -0.3 is 10.4 Å². The monoisotopic (exact) mass is 214 g/mol. The molecule has 1 rings (SSSR count). The van der Waals surface area contributed by atoms with E-state index in [4.69, 9.17) is 16.7 Å². The lowest BCUT2D eigenvalue weighted by Crippen LogP contribution is -2.35. The number of carbonyl (C=O) groups excluding carboxylic acids is 1. The van der Waals surface area contributed by atoms with E-state index in [1.165, 1.54) is 12.3 Å². The number of rotatable bonds is 3.